The SMILES string of the molecule is CCCCC(c1ccc[nH]1)(c1cccc2c1[nH]c1ccccc12)S(C)(=O)=O. The molecule has 140 valence electrons. The van der Waals surface area contributed by atoms with Crippen LogP contribution in [0.2, 0.25) is 0 Å². The smallest absolute Gasteiger partial charge is 0.163 e. The van der Waals surface area contributed by atoms with Crippen LogP contribution in [-0.4, -0.2) is 24.6 Å². The van der Waals surface area contributed by atoms with Gasteiger partial charge in [0.1, 0.15) is 4.75 Å². The van der Waals surface area contributed by atoms with Crippen molar-refractivity contribution < 1.29 is 8.42 Å². The van der Waals surface area contributed by atoms with Gasteiger partial charge in [-0.3, -0.25) is 0 Å². The fraction of sp³-hybridized carbons (Fsp3) is 0.273. The number of aromatic nitrogens is 2. The van der Waals surface area contributed by atoms with Crippen molar-refractivity contribution in [2.75, 3.05) is 6.26 Å². The highest BCUT2D eigenvalue weighted by molar-refractivity contribution is 7.91. The molecule has 0 aliphatic carbocycles. The molecule has 1 unspecified atom stereocenters. The highest BCUT2D eigenvalue weighted by Crippen LogP contribution is 2.44. The molecule has 0 radical (unpaired) electrons. The summed E-state index contributed by atoms with van der Waals surface area (Å²) in [7, 11) is -3.45. The maximum absolute atomic E-state index is 13.3. The van der Waals surface area contributed by atoms with Crippen LogP contribution in [0.5, 0.6) is 0 Å². The molecule has 0 bridgehead atoms. The summed E-state index contributed by atoms with van der Waals surface area (Å²) in [6.45, 7) is 2.09. The van der Waals surface area contributed by atoms with Gasteiger partial charge in [-0.15, -0.1) is 0 Å². The fourth-order valence-corrected chi connectivity index (χ4v) is 5.83. The molecule has 0 amide bonds. The molecular weight excluding hydrogens is 356 g/mol. The van der Waals surface area contributed by atoms with E-state index in [1.807, 2.05) is 42.5 Å². The van der Waals surface area contributed by atoms with Crippen LogP contribution in [0.25, 0.3) is 21.8 Å². The van der Waals surface area contributed by atoms with Gasteiger partial charge in [0.2, 0.25) is 0 Å². The highest BCUT2D eigenvalue weighted by atomic mass is 32.2. The number of rotatable bonds is 6. The van der Waals surface area contributed by atoms with E-state index < -0.39 is 14.6 Å². The Hall–Kier alpha value is -2.53. The van der Waals surface area contributed by atoms with Crippen molar-refractivity contribution in [1.82, 2.24) is 9.97 Å². The minimum Gasteiger partial charge on any atom is -0.363 e. The van der Waals surface area contributed by atoms with Crippen LogP contribution in [0.3, 0.4) is 0 Å². The third kappa shape index (κ3) is 2.69. The number of sulfone groups is 1. The summed E-state index contributed by atoms with van der Waals surface area (Å²) >= 11 is 0. The Morgan fingerprint density at radius 1 is 0.963 bits per heavy atom. The van der Waals surface area contributed by atoms with Gasteiger partial charge in [-0.05, 0) is 24.6 Å². The Kier molecular flexibility index (Phi) is 4.35. The first-order valence-electron chi connectivity index (χ1n) is 9.32. The van der Waals surface area contributed by atoms with Gasteiger partial charge >= 0.3 is 0 Å². The van der Waals surface area contributed by atoms with E-state index in [1.165, 1.54) is 6.26 Å². The number of H-pyrrole nitrogens is 2. The summed E-state index contributed by atoms with van der Waals surface area (Å²) in [6, 6.07) is 17.8. The van der Waals surface area contributed by atoms with Crippen LogP contribution in [0.15, 0.2) is 60.8 Å². The molecular formula is C22H24N2O2S. The molecule has 2 aromatic heterocycles. The lowest BCUT2D eigenvalue weighted by Crippen LogP contribution is -2.37. The Labute approximate surface area is 159 Å². The molecule has 1 atom stereocenters. The molecule has 4 rings (SSSR count). The molecule has 4 aromatic rings. The molecule has 0 spiro atoms. The lowest BCUT2D eigenvalue weighted by Gasteiger charge is -2.32. The fourth-order valence-electron chi connectivity index (χ4n) is 4.22. The number of hydrogen-bond acceptors (Lipinski definition) is 2. The third-order valence-corrected chi connectivity index (χ3v) is 7.43. The van der Waals surface area contributed by atoms with Gasteiger partial charge in [-0.25, -0.2) is 8.42 Å². The van der Waals surface area contributed by atoms with Crippen molar-refractivity contribution in [3.05, 3.63) is 72.1 Å². The van der Waals surface area contributed by atoms with Gasteiger partial charge in [0.05, 0.1) is 5.52 Å². The average Bonchev–Trinajstić information content (AvgIpc) is 3.29. The first-order valence-corrected chi connectivity index (χ1v) is 11.2. The number of nitrogens with one attached hydrogen (secondary N) is 2. The number of hydrogen-bond donors (Lipinski definition) is 2. The minimum atomic E-state index is -3.45. The molecule has 0 aliphatic rings. The third-order valence-electron chi connectivity index (χ3n) is 5.52. The standard InChI is InChI=1S/C22H24N2O2S/c1-3-4-14-22(27(2,25)26,20-13-8-15-23-20)18-11-7-10-17-16-9-5-6-12-19(16)24-21(17)18/h5-13,15,23-24H,3-4,14H2,1-2H3. The van der Waals surface area contributed by atoms with E-state index in [4.69, 9.17) is 0 Å². The Morgan fingerprint density at radius 2 is 1.74 bits per heavy atom. The van der Waals surface area contributed by atoms with Gasteiger partial charge in [0.25, 0.3) is 0 Å². The number of fused-ring (bicyclic) bond motifs is 3. The van der Waals surface area contributed by atoms with E-state index >= 15 is 0 Å². The molecule has 2 N–H and O–H groups in total. The second-order valence-corrected chi connectivity index (χ2v) is 9.43. The predicted molar refractivity (Wildman–Crippen MR) is 112 cm³/mol. The van der Waals surface area contributed by atoms with Crippen LogP contribution in [0.4, 0.5) is 0 Å². The zero-order valence-electron chi connectivity index (χ0n) is 15.6. The molecule has 0 saturated heterocycles. The maximum Gasteiger partial charge on any atom is 0.163 e. The predicted octanol–water partition coefficient (Wildman–Crippen LogP) is 5.13. The second kappa shape index (κ2) is 6.57. The Morgan fingerprint density at radius 3 is 2.44 bits per heavy atom. The van der Waals surface area contributed by atoms with Crippen molar-refractivity contribution in [2.24, 2.45) is 0 Å². The lowest BCUT2D eigenvalue weighted by atomic mass is 9.88. The second-order valence-electron chi connectivity index (χ2n) is 7.19. The van der Waals surface area contributed by atoms with Crippen LogP contribution < -0.4 is 0 Å². The summed E-state index contributed by atoms with van der Waals surface area (Å²) < 4.78 is 25.5. The van der Waals surface area contributed by atoms with Crippen molar-refractivity contribution >= 4 is 31.6 Å². The van der Waals surface area contributed by atoms with Gasteiger partial charge in [-0.1, -0.05) is 56.2 Å². The first kappa shape index (κ1) is 17.9. The molecule has 2 heterocycles. The van der Waals surface area contributed by atoms with Gasteiger partial charge in [-0.2, -0.15) is 0 Å². The normalized spacial score (nSPS) is 14.6. The van der Waals surface area contributed by atoms with Crippen LogP contribution in [-0.2, 0) is 14.6 Å². The highest BCUT2D eigenvalue weighted by Gasteiger charge is 2.46. The molecule has 0 fully saturated rings. The first-order chi connectivity index (χ1) is 13.0. The quantitative estimate of drug-likeness (QED) is 0.487. The van der Waals surface area contributed by atoms with E-state index in [0.29, 0.717) is 6.42 Å². The number of para-hydroxylation sites is 2. The van der Waals surface area contributed by atoms with E-state index in [2.05, 4.69) is 29.0 Å². The van der Waals surface area contributed by atoms with Crippen molar-refractivity contribution in [3.63, 3.8) is 0 Å². The van der Waals surface area contributed by atoms with Gasteiger partial charge in [0, 0.05) is 40.0 Å². The minimum absolute atomic E-state index is 0.539. The maximum atomic E-state index is 13.3. The lowest BCUT2D eigenvalue weighted by molar-refractivity contribution is 0.522. The number of unbranched alkanes of at least 4 members (excludes halogenated alkanes) is 1. The summed E-state index contributed by atoms with van der Waals surface area (Å²) in [5, 5.41) is 2.16. The monoisotopic (exact) mass is 380 g/mol. The number of aromatic amines is 2. The van der Waals surface area contributed by atoms with Crippen LogP contribution in [0.1, 0.15) is 37.4 Å². The van der Waals surface area contributed by atoms with E-state index in [1.54, 1.807) is 6.20 Å². The van der Waals surface area contributed by atoms with E-state index in [-0.39, 0.29) is 0 Å². The topological polar surface area (TPSA) is 65.7 Å². The van der Waals surface area contributed by atoms with Gasteiger partial charge in [0.15, 0.2) is 9.84 Å². The van der Waals surface area contributed by atoms with Crippen molar-refractivity contribution in [2.45, 2.75) is 30.9 Å². The largest absolute Gasteiger partial charge is 0.363 e. The van der Waals surface area contributed by atoms with E-state index in [0.717, 1.165) is 45.9 Å². The van der Waals surface area contributed by atoms with Crippen LogP contribution in [0, 0.1) is 0 Å². The number of benzene rings is 2. The summed E-state index contributed by atoms with van der Waals surface area (Å²) in [4.78, 5) is 6.68. The Bertz CT molecular complexity index is 1190. The molecule has 2 aromatic carbocycles. The van der Waals surface area contributed by atoms with Crippen LogP contribution >= 0.6 is 0 Å². The van der Waals surface area contributed by atoms with Gasteiger partial charge < -0.3 is 9.97 Å². The average molecular weight is 381 g/mol. The zero-order valence-corrected chi connectivity index (χ0v) is 16.4. The Balaban J connectivity index is 2.12. The van der Waals surface area contributed by atoms with Crippen molar-refractivity contribution in [3.8, 4) is 0 Å². The van der Waals surface area contributed by atoms with Crippen molar-refractivity contribution in [1.29, 1.82) is 0 Å². The molecule has 5 heteroatoms. The summed E-state index contributed by atoms with van der Waals surface area (Å²) in [6.07, 6.45) is 5.44. The molecule has 0 aliphatic heterocycles. The molecule has 27 heavy (non-hydrogen) atoms. The summed E-state index contributed by atoms with van der Waals surface area (Å²) in [5.41, 5.74) is 3.46. The zero-order chi connectivity index (χ0) is 19.1. The molecule has 0 saturated carbocycles. The molecule has 4 nitrogen and oxygen atoms in total. The summed E-state index contributed by atoms with van der Waals surface area (Å²) in [5.74, 6) is 0. The van der Waals surface area contributed by atoms with E-state index in [9.17, 15) is 8.42 Å².